The van der Waals surface area contributed by atoms with Crippen LogP contribution in [0.25, 0.3) is 0 Å². The van der Waals surface area contributed by atoms with Crippen LogP contribution in [-0.2, 0) is 12.8 Å². The molecule has 6 N–H and O–H groups in total. The van der Waals surface area contributed by atoms with Gasteiger partial charge < -0.3 is 11.5 Å². The molecule has 2 atom stereocenters. The molecule has 0 aliphatic carbocycles. The van der Waals surface area contributed by atoms with Gasteiger partial charge in [0.2, 0.25) is 0 Å². The van der Waals surface area contributed by atoms with Crippen LogP contribution < -0.4 is 11.5 Å². The van der Waals surface area contributed by atoms with E-state index in [2.05, 4.69) is 45.7 Å². The van der Waals surface area contributed by atoms with Crippen LogP contribution in [0.15, 0.2) is 18.2 Å². The number of rotatable bonds is 8. The van der Waals surface area contributed by atoms with E-state index in [1.165, 1.54) is 23.5 Å². The van der Waals surface area contributed by atoms with E-state index in [0.29, 0.717) is 12.8 Å². The molecule has 9 heteroatoms. The van der Waals surface area contributed by atoms with Crippen molar-refractivity contribution in [2.75, 3.05) is 10.7 Å². The SMILES string of the molecule is CC(CBr)(Cc1cccc(CC(C)(CBr)SC(=N)N)n1)SC(=N)N. The van der Waals surface area contributed by atoms with Gasteiger partial charge in [0.05, 0.1) is 0 Å². The van der Waals surface area contributed by atoms with Crippen LogP contribution in [0.1, 0.15) is 25.2 Å². The molecule has 0 saturated carbocycles. The smallest absolute Gasteiger partial charge is 0.151 e. The number of hydrogen-bond donors (Lipinski definition) is 4. The summed E-state index contributed by atoms with van der Waals surface area (Å²) in [5.41, 5.74) is 13.0. The molecule has 2 unspecified atom stereocenters. The summed E-state index contributed by atoms with van der Waals surface area (Å²) in [6.07, 6.45) is 1.42. The Morgan fingerprint density at radius 2 is 1.38 bits per heavy atom. The summed E-state index contributed by atoms with van der Waals surface area (Å²) in [5, 5.41) is 16.7. The highest BCUT2D eigenvalue weighted by Crippen LogP contribution is 2.32. The summed E-state index contributed by atoms with van der Waals surface area (Å²) < 4.78 is -0.436. The van der Waals surface area contributed by atoms with Gasteiger partial charge in [-0.2, -0.15) is 0 Å². The molecule has 1 aromatic heterocycles. The molecule has 0 radical (unpaired) electrons. The first-order valence-electron chi connectivity index (χ1n) is 7.24. The molecule has 1 rings (SSSR count). The summed E-state index contributed by atoms with van der Waals surface area (Å²) in [4.78, 5) is 4.76. The third-order valence-electron chi connectivity index (χ3n) is 3.25. The van der Waals surface area contributed by atoms with Crippen molar-refractivity contribution >= 4 is 65.7 Å². The first-order valence-corrected chi connectivity index (χ1v) is 11.1. The predicted molar refractivity (Wildman–Crippen MR) is 115 cm³/mol. The van der Waals surface area contributed by atoms with Crippen LogP contribution >= 0.6 is 55.4 Å². The summed E-state index contributed by atoms with van der Waals surface area (Å²) >= 11 is 9.72. The number of amidine groups is 2. The average Bonchev–Trinajstić information content (AvgIpc) is 2.45. The Labute approximate surface area is 168 Å². The summed E-state index contributed by atoms with van der Waals surface area (Å²) in [6.45, 7) is 4.13. The van der Waals surface area contributed by atoms with Crippen molar-refractivity contribution in [2.24, 2.45) is 11.5 Å². The van der Waals surface area contributed by atoms with Gasteiger partial charge in [0.25, 0.3) is 0 Å². The van der Waals surface area contributed by atoms with Gasteiger partial charge in [0, 0.05) is 44.4 Å². The molecule has 0 fully saturated rings. The minimum absolute atomic E-state index is 0.109. The largest absolute Gasteiger partial charge is 0.379 e. The number of nitrogens with zero attached hydrogens (tertiary/aromatic N) is 1. The van der Waals surface area contributed by atoms with E-state index >= 15 is 0 Å². The van der Waals surface area contributed by atoms with Crippen molar-refractivity contribution in [1.29, 1.82) is 10.8 Å². The molecule has 0 amide bonds. The molecule has 0 aliphatic rings. The molecule has 1 heterocycles. The number of pyridine rings is 1. The number of halogens is 2. The quantitative estimate of drug-likeness (QED) is 0.249. The van der Waals surface area contributed by atoms with Gasteiger partial charge >= 0.3 is 0 Å². The number of alkyl halides is 2. The molecule has 0 bridgehead atoms. The molecule has 1 aromatic rings. The molecule has 0 saturated heterocycles. The van der Waals surface area contributed by atoms with Crippen molar-refractivity contribution in [3.8, 4) is 0 Å². The van der Waals surface area contributed by atoms with E-state index in [9.17, 15) is 0 Å². The van der Waals surface area contributed by atoms with Crippen LogP contribution in [0, 0.1) is 10.8 Å². The number of thioether (sulfide) groups is 2. The highest BCUT2D eigenvalue weighted by molar-refractivity contribution is 9.09. The van der Waals surface area contributed by atoms with Gasteiger partial charge in [-0.05, 0) is 26.0 Å². The minimum atomic E-state index is -0.218. The van der Waals surface area contributed by atoms with Gasteiger partial charge in [-0.1, -0.05) is 61.5 Å². The topological polar surface area (TPSA) is 113 Å². The lowest BCUT2D eigenvalue weighted by Crippen LogP contribution is -2.31. The molecule has 0 spiro atoms. The molecule has 5 nitrogen and oxygen atoms in total. The Morgan fingerprint density at radius 3 is 1.67 bits per heavy atom. The maximum atomic E-state index is 7.53. The molecular formula is C15H23Br2N5S2. The molecular weight excluding hydrogens is 474 g/mol. The second kappa shape index (κ2) is 9.45. The Kier molecular flexibility index (Phi) is 8.58. The molecule has 134 valence electrons. The fraction of sp³-hybridized carbons (Fsp3) is 0.533. The first kappa shape index (κ1) is 21.8. The van der Waals surface area contributed by atoms with Gasteiger partial charge in [-0.15, -0.1) is 0 Å². The van der Waals surface area contributed by atoms with Gasteiger partial charge in [-0.3, -0.25) is 15.8 Å². The fourth-order valence-corrected chi connectivity index (χ4v) is 4.94. The van der Waals surface area contributed by atoms with Crippen molar-refractivity contribution in [3.05, 3.63) is 29.6 Å². The Balaban J connectivity index is 2.93. The second-order valence-corrected chi connectivity index (χ2v) is 10.5. The maximum Gasteiger partial charge on any atom is 0.151 e. The van der Waals surface area contributed by atoms with Crippen LogP contribution in [0.3, 0.4) is 0 Å². The van der Waals surface area contributed by atoms with Gasteiger partial charge in [0.15, 0.2) is 10.3 Å². The van der Waals surface area contributed by atoms with Crippen LogP contribution in [0.5, 0.6) is 0 Å². The van der Waals surface area contributed by atoms with Crippen LogP contribution in [-0.4, -0.2) is 35.5 Å². The Hall–Kier alpha value is -0.250. The molecule has 24 heavy (non-hydrogen) atoms. The zero-order chi connectivity index (χ0) is 18.4. The van der Waals surface area contributed by atoms with Gasteiger partial charge in [0.1, 0.15) is 0 Å². The van der Waals surface area contributed by atoms with Crippen molar-refractivity contribution < 1.29 is 0 Å². The lowest BCUT2D eigenvalue weighted by Gasteiger charge is -2.27. The zero-order valence-electron chi connectivity index (χ0n) is 13.7. The van der Waals surface area contributed by atoms with E-state index in [0.717, 1.165) is 22.0 Å². The van der Waals surface area contributed by atoms with E-state index < -0.39 is 0 Å². The monoisotopic (exact) mass is 495 g/mol. The minimum Gasteiger partial charge on any atom is -0.379 e. The number of nitrogens with one attached hydrogen (secondary N) is 2. The molecule has 0 aliphatic heterocycles. The number of hydrogen-bond acceptors (Lipinski definition) is 5. The number of nitrogens with two attached hydrogens (primary N) is 2. The van der Waals surface area contributed by atoms with Crippen LogP contribution in [0.2, 0.25) is 0 Å². The normalized spacial score (nSPS) is 16.2. The zero-order valence-corrected chi connectivity index (χ0v) is 18.5. The maximum absolute atomic E-state index is 7.53. The first-order chi connectivity index (χ1) is 11.1. The summed E-state index contributed by atoms with van der Waals surface area (Å²) in [7, 11) is 0. The van der Waals surface area contributed by atoms with E-state index in [-0.39, 0.29) is 19.8 Å². The van der Waals surface area contributed by atoms with Crippen molar-refractivity contribution in [2.45, 2.75) is 36.2 Å². The lowest BCUT2D eigenvalue weighted by atomic mass is 10.0. The lowest BCUT2D eigenvalue weighted by molar-refractivity contribution is 0.684. The van der Waals surface area contributed by atoms with Crippen molar-refractivity contribution in [1.82, 2.24) is 4.98 Å². The molecule has 0 aromatic carbocycles. The second-order valence-electron chi connectivity index (χ2n) is 6.07. The standard InChI is InChI=1S/C15H23Br2N5S2/c1-14(8-16,23-12(18)19)6-10-4-3-5-11(22-10)7-15(2,9-17)24-13(20)21/h3-5H,6-9H2,1-2H3,(H3,18,19)(H3,20,21). The summed E-state index contributed by atoms with van der Waals surface area (Å²) in [6, 6.07) is 5.99. The third kappa shape index (κ3) is 7.33. The van der Waals surface area contributed by atoms with E-state index in [1.807, 2.05) is 18.2 Å². The predicted octanol–water partition coefficient (Wildman–Crippen LogP) is 3.73. The van der Waals surface area contributed by atoms with Crippen LogP contribution in [0.4, 0.5) is 0 Å². The van der Waals surface area contributed by atoms with E-state index in [1.54, 1.807) is 0 Å². The average molecular weight is 497 g/mol. The highest BCUT2D eigenvalue weighted by Gasteiger charge is 2.28. The highest BCUT2D eigenvalue weighted by atomic mass is 79.9. The van der Waals surface area contributed by atoms with Gasteiger partial charge in [-0.25, -0.2) is 0 Å². The summed E-state index contributed by atoms with van der Waals surface area (Å²) in [5.74, 6) is 0. The Bertz CT molecular complexity index is 554. The Morgan fingerprint density at radius 1 is 1.00 bits per heavy atom. The number of aromatic nitrogens is 1. The van der Waals surface area contributed by atoms with E-state index in [4.69, 9.17) is 27.3 Å². The fourth-order valence-electron chi connectivity index (χ4n) is 2.24. The van der Waals surface area contributed by atoms with Crippen molar-refractivity contribution in [3.63, 3.8) is 0 Å². The third-order valence-corrected chi connectivity index (χ3v) is 8.47.